The van der Waals surface area contributed by atoms with Gasteiger partial charge in [-0.05, 0) is 6.42 Å². The third-order valence-electron chi connectivity index (χ3n) is 2.82. The van der Waals surface area contributed by atoms with Crippen LogP contribution in [0.3, 0.4) is 0 Å². The van der Waals surface area contributed by atoms with Crippen LogP contribution in [0, 0.1) is 5.92 Å². The highest BCUT2D eigenvalue weighted by Gasteiger charge is 2.32. The molecule has 0 aromatic rings. The number of carboxylic acid groups (broad SMARTS) is 1. The van der Waals surface area contributed by atoms with Crippen molar-refractivity contribution in [2.45, 2.75) is 6.42 Å². The second-order valence-electron chi connectivity index (χ2n) is 3.99. The van der Waals surface area contributed by atoms with Crippen LogP contribution in [0.2, 0.25) is 0 Å². The molecule has 1 rings (SSSR count). The smallest absolute Gasteiger partial charge is 0.320 e. The van der Waals surface area contributed by atoms with Gasteiger partial charge in [-0.2, -0.15) is 0 Å². The topological polar surface area (TPSA) is 101 Å². The predicted octanol–water partition coefficient (Wildman–Crippen LogP) is -1.20. The Bertz CT molecular complexity index is 278. The molecule has 1 unspecified atom stereocenters. The summed E-state index contributed by atoms with van der Waals surface area (Å²) < 4.78 is 0. The first-order chi connectivity index (χ1) is 8.10. The zero-order valence-electron chi connectivity index (χ0n) is 9.58. The fourth-order valence-electron chi connectivity index (χ4n) is 1.88. The maximum atomic E-state index is 11.9. The minimum absolute atomic E-state index is 0.146. The van der Waals surface area contributed by atoms with Crippen molar-refractivity contribution < 1.29 is 24.9 Å². The van der Waals surface area contributed by atoms with E-state index in [9.17, 15) is 9.59 Å². The molecule has 17 heavy (non-hydrogen) atoms. The molecular formula is C10H18N2O5. The first-order valence-corrected chi connectivity index (χ1v) is 5.58. The molecule has 7 nitrogen and oxygen atoms in total. The summed E-state index contributed by atoms with van der Waals surface area (Å²) in [5.41, 5.74) is 0. The van der Waals surface area contributed by atoms with Crippen molar-refractivity contribution in [3.05, 3.63) is 0 Å². The lowest BCUT2D eigenvalue weighted by Gasteiger charge is -2.26. The van der Waals surface area contributed by atoms with Crippen molar-refractivity contribution in [1.82, 2.24) is 9.80 Å². The van der Waals surface area contributed by atoms with Gasteiger partial charge in [-0.15, -0.1) is 0 Å². The van der Waals surface area contributed by atoms with Crippen LogP contribution in [0.1, 0.15) is 6.42 Å². The number of urea groups is 1. The second-order valence-corrected chi connectivity index (χ2v) is 3.99. The zero-order valence-corrected chi connectivity index (χ0v) is 9.58. The molecule has 1 atom stereocenters. The first-order valence-electron chi connectivity index (χ1n) is 5.58. The average molecular weight is 246 g/mol. The summed E-state index contributed by atoms with van der Waals surface area (Å²) in [7, 11) is 0. The van der Waals surface area contributed by atoms with Crippen molar-refractivity contribution in [2.75, 3.05) is 39.4 Å². The maximum Gasteiger partial charge on any atom is 0.320 e. The van der Waals surface area contributed by atoms with E-state index in [1.54, 1.807) is 0 Å². The van der Waals surface area contributed by atoms with Gasteiger partial charge < -0.3 is 25.1 Å². The summed E-state index contributed by atoms with van der Waals surface area (Å²) in [4.78, 5) is 25.5. The van der Waals surface area contributed by atoms with E-state index in [1.165, 1.54) is 9.80 Å². The van der Waals surface area contributed by atoms with Crippen LogP contribution in [-0.2, 0) is 4.79 Å². The number of carbonyl (C=O) groups is 2. The first kappa shape index (κ1) is 13.7. The van der Waals surface area contributed by atoms with Gasteiger partial charge in [0.05, 0.1) is 19.1 Å². The Hall–Kier alpha value is -1.34. The summed E-state index contributed by atoms with van der Waals surface area (Å²) in [5.74, 6) is -1.40. The average Bonchev–Trinajstić information content (AvgIpc) is 2.77. The monoisotopic (exact) mass is 246 g/mol. The van der Waals surface area contributed by atoms with Crippen LogP contribution in [0.5, 0.6) is 0 Å². The molecule has 0 aliphatic carbocycles. The minimum atomic E-state index is -0.892. The van der Waals surface area contributed by atoms with Crippen LogP contribution in [0.15, 0.2) is 0 Å². The Kier molecular flexibility index (Phi) is 5.17. The highest BCUT2D eigenvalue weighted by molar-refractivity contribution is 5.77. The number of likely N-dealkylation sites (tertiary alicyclic amines) is 1. The van der Waals surface area contributed by atoms with Crippen molar-refractivity contribution in [2.24, 2.45) is 5.92 Å². The number of rotatable bonds is 5. The lowest BCUT2D eigenvalue weighted by atomic mass is 10.1. The van der Waals surface area contributed by atoms with Crippen molar-refractivity contribution >= 4 is 12.0 Å². The number of carbonyl (C=O) groups excluding carboxylic acids is 1. The van der Waals surface area contributed by atoms with Crippen LogP contribution in [-0.4, -0.2) is 76.5 Å². The Morgan fingerprint density at radius 2 is 1.82 bits per heavy atom. The van der Waals surface area contributed by atoms with E-state index in [4.69, 9.17) is 15.3 Å². The Balaban J connectivity index is 2.54. The normalized spacial score (nSPS) is 19.4. The zero-order chi connectivity index (χ0) is 12.8. The van der Waals surface area contributed by atoms with Gasteiger partial charge in [0.25, 0.3) is 0 Å². The molecule has 0 spiro atoms. The van der Waals surface area contributed by atoms with E-state index in [-0.39, 0.29) is 38.9 Å². The lowest BCUT2D eigenvalue weighted by Crippen LogP contribution is -2.44. The minimum Gasteiger partial charge on any atom is -0.481 e. The lowest BCUT2D eigenvalue weighted by molar-refractivity contribution is -0.141. The second kappa shape index (κ2) is 6.41. The van der Waals surface area contributed by atoms with Crippen LogP contribution < -0.4 is 0 Å². The van der Waals surface area contributed by atoms with Gasteiger partial charge in [-0.1, -0.05) is 0 Å². The quantitative estimate of drug-likeness (QED) is 0.565. The van der Waals surface area contributed by atoms with E-state index in [0.717, 1.165) is 0 Å². The molecule has 1 aliphatic rings. The van der Waals surface area contributed by atoms with Gasteiger partial charge in [-0.25, -0.2) is 4.79 Å². The van der Waals surface area contributed by atoms with E-state index < -0.39 is 11.9 Å². The Labute approximate surface area is 99.2 Å². The SMILES string of the molecule is O=C(O)C1CCN(C(=O)N(CCO)CCO)C1. The molecule has 2 amide bonds. The van der Waals surface area contributed by atoms with Gasteiger partial charge in [0.15, 0.2) is 0 Å². The van der Waals surface area contributed by atoms with Crippen LogP contribution in [0.25, 0.3) is 0 Å². The number of aliphatic hydroxyl groups excluding tert-OH is 2. The number of aliphatic hydroxyl groups is 2. The largest absolute Gasteiger partial charge is 0.481 e. The van der Waals surface area contributed by atoms with Crippen molar-refractivity contribution in [3.8, 4) is 0 Å². The summed E-state index contributed by atoms with van der Waals surface area (Å²) >= 11 is 0. The molecule has 1 aliphatic heterocycles. The highest BCUT2D eigenvalue weighted by atomic mass is 16.4. The molecule has 7 heteroatoms. The fourth-order valence-corrected chi connectivity index (χ4v) is 1.88. The van der Waals surface area contributed by atoms with Crippen molar-refractivity contribution in [1.29, 1.82) is 0 Å². The van der Waals surface area contributed by atoms with Gasteiger partial charge in [0.2, 0.25) is 0 Å². The Morgan fingerprint density at radius 1 is 1.24 bits per heavy atom. The molecule has 1 heterocycles. The molecule has 1 saturated heterocycles. The number of amides is 2. The highest BCUT2D eigenvalue weighted by Crippen LogP contribution is 2.17. The number of aliphatic carboxylic acids is 1. The molecule has 0 saturated carbocycles. The number of carboxylic acids is 1. The fraction of sp³-hybridized carbons (Fsp3) is 0.800. The maximum absolute atomic E-state index is 11.9. The van der Waals surface area contributed by atoms with Gasteiger partial charge in [0.1, 0.15) is 0 Å². The van der Waals surface area contributed by atoms with E-state index in [2.05, 4.69) is 0 Å². The van der Waals surface area contributed by atoms with E-state index >= 15 is 0 Å². The van der Waals surface area contributed by atoms with Crippen LogP contribution >= 0.6 is 0 Å². The third-order valence-corrected chi connectivity index (χ3v) is 2.82. The Morgan fingerprint density at radius 3 is 2.24 bits per heavy atom. The standard InChI is InChI=1S/C10H18N2O5/c13-5-3-11(4-6-14)10(17)12-2-1-8(7-12)9(15)16/h8,13-14H,1-7H2,(H,15,16). The molecule has 0 bridgehead atoms. The number of hydrogen-bond donors (Lipinski definition) is 3. The molecular weight excluding hydrogens is 228 g/mol. The summed E-state index contributed by atoms with van der Waals surface area (Å²) in [5, 5.41) is 26.4. The number of nitrogens with zero attached hydrogens (tertiary/aromatic N) is 2. The van der Waals surface area contributed by atoms with E-state index in [0.29, 0.717) is 13.0 Å². The van der Waals surface area contributed by atoms with Crippen molar-refractivity contribution in [3.63, 3.8) is 0 Å². The molecule has 0 radical (unpaired) electrons. The molecule has 0 aromatic heterocycles. The van der Waals surface area contributed by atoms with Gasteiger partial charge in [0, 0.05) is 26.2 Å². The predicted molar refractivity (Wildman–Crippen MR) is 58.5 cm³/mol. The molecule has 3 N–H and O–H groups in total. The molecule has 98 valence electrons. The van der Waals surface area contributed by atoms with Gasteiger partial charge >= 0.3 is 12.0 Å². The molecule has 1 fully saturated rings. The number of hydrogen-bond acceptors (Lipinski definition) is 4. The molecule has 0 aromatic carbocycles. The van der Waals surface area contributed by atoms with Gasteiger partial charge in [-0.3, -0.25) is 4.79 Å². The summed E-state index contributed by atoms with van der Waals surface area (Å²) in [6, 6.07) is -0.322. The third kappa shape index (κ3) is 3.57. The van der Waals surface area contributed by atoms with Crippen LogP contribution in [0.4, 0.5) is 4.79 Å². The summed E-state index contributed by atoms with van der Waals surface area (Å²) in [6.45, 7) is 0.538. The summed E-state index contributed by atoms with van der Waals surface area (Å²) in [6.07, 6.45) is 0.452. The van der Waals surface area contributed by atoms with E-state index in [1.807, 2.05) is 0 Å².